The molecule has 4 aromatic rings. The second-order valence-electron chi connectivity index (χ2n) is 7.42. The lowest BCUT2D eigenvalue weighted by Crippen LogP contribution is -2.26. The Balaban J connectivity index is 1.30. The molecule has 0 aliphatic heterocycles. The maximum absolute atomic E-state index is 12.6. The standard InChI is InChI=1S/C26H23N3O4/c1-18(20-8-12-23(13-9-20)33-17-19-4-2-14-27-16-19)28-25(30)21-6-10-22(11-7-21)29-26(31)24-5-3-15-32-24/h2-16,18H,17H2,1H3,(H,28,30)(H,29,31). The lowest BCUT2D eigenvalue weighted by Gasteiger charge is -2.15. The van der Waals surface area contributed by atoms with Gasteiger partial charge in [0, 0.05) is 29.2 Å². The largest absolute Gasteiger partial charge is 0.489 e. The fourth-order valence-electron chi connectivity index (χ4n) is 3.17. The molecule has 0 radical (unpaired) electrons. The summed E-state index contributed by atoms with van der Waals surface area (Å²) in [6.07, 6.45) is 4.93. The third kappa shape index (κ3) is 5.86. The zero-order chi connectivity index (χ0) is 23.0. The van der Waals surface area contributed by atoms with Gasteiger partial charge in [0.1, 0.15) is 12.4 Å². The van der Waals surface area contributed by atoms with Gasteiger partial charge in [-0.25, -0.2) is 0 Å². The van der Waals surface area contributed by atoms with Crippen molar-refractivity contribution in [3.8, 4) is 5.75 Å². The Morgan fingerprint density at radius 2 is 1.76 bits per heavy atom. The van der Waals surface area contributed by atoms with Crippen molar-refractivity contribution in [3.05, 3.63) is 114 Å². The Kier molecular flexibility index (Phi) is 6.80. The van der Waals surface area contributed by atoms with Crippen molar-refractivity contribution in [1.82, 2.24) is 10.3 Å². The summed E-state index contributed by atoms with van der Waals surface area (Å²) in [5.41, 5.74) is 3.02. The van der Waals surface area contributed by atoms with Gasteiger partial charge >= 0.3 is 0 Å². The molecular formula is C26H23N3O4. The van der Waals surface area contributed by atoms with Crippen LogP contribution in [0.25, 0.3) is 0 Å². The molecule has 2 amide bonds. The summed E-state index contributed by atoms with van der Waals surface area (Å²) >= 11 is 0. The van der Waals surface area contributed by atoms with E-state index < -0.39 is 0 Å². The molecule has 2 N–H and O–H groups in total. The number of aromatic nitrogens is 1. The molecule has 0 saturated carbocycles. The van der Waals surface area contributed by atoms with E-state index in [2.05, 4.69) is 15.6 Å². The van der Waals surface area contributed by atoms with Crippen LogP contribution in [0.15, 0.2) is 95.9 Å². The average Bonchev–Trinajstić information content (AvgIpc) is 3.39. The Morgan fingerprint density at radius 1 is 0.970 bits per heavy atom. The smallest absolute Gasteiger partial charge is 0.291 e. The number of carbonyl (C=O) groups excluding carboxylic acids is 2. The summed E-state index contributed by atoms with van der Waals surface area (Å²) in [4.78, 5) is 28.7. The number of amides is 2. The van der Waals surface area contributed by atoms with Crippen LogP contribution in [-0.2, 0) is 6.61 Å². The first-order valence-electron chi connectivity index (χ1n) is 10.5. The highest BCUT2D eigenvalue weighted by Crippen LogP contribution is 2.19. The second-order valence-corrected chi connectivity index (χ2v) is 7.42. The number of ether oxygens (including phenoxy) is 1. The number of rotatable bonds is 8. The van der Waals surface area contributed by atoms with Gasteiger partial charge in [0.25, 0.3) is 11.8 Å². The summed E-state index contributed by atoms with van der Waals surface area (Å²) in [5, 5.41) is 5.71. The molecule has 0 fully saturated rings. The number of nitrogens with zero attached hydrogens (tertiary/aromatic N) is 1. The molecule has 1 atom stereocenters. The van der Waals surface area contributed by atoms with Gasteiger partial charge in [0.05, 0.1) is 12.3 Å². The molecule has 0 aliphatic rings. The van der Waals surface area contributed by atoms with Crippen molar-refractivity contribution < 1.29 is 18.7 Å². The highest BCUT2D eigenvalue weighted by molar-refractivity contribution is 6.02. The van der Waals surface area contributed by atoms with Crippen molar-refractivity contribution in [2.45, 2.75) is 19.6 Å². The number of benzene rings is 2. The van der Waals surface area contributed by atoms with E-state index in [0.29, 0.717) is 17.9 Å². The molecule has 0 saturated heterocycles. The van der Waals surface area contributed by atoms with Gasteiger partial charge < -0.3 is 19.8 Å². The second kappa shape index (κ2) is 10.3. The van der Waals surface area contributed by atoms with Crippen LogP contribution in [0.1, 0.15) is 45.0 Å². The quantitative estimate of drug-likeness (QED) is 0.401. The Hall–Kier alpha value is -4.39. The average molecular weight is 441 g/mol. The first-order valence-corrected chi connectivity index (χ1v) is 10.5. The molecule has 0 bridgehead atoms. The van der Waals surface area contributed by atoms with Crippen LogP contribution >= 0.6 is 0 Å². The number of carbonyl (C=O) groups is 2. The van der Waals surface area contributed by atoms with Crippen LogP contribution in [0.3, 0.4) is 0 Å². The van der Waals surface area contributed by atoms with Crippen molar-refractivity contribution in [2.24, 2.45) is 0 Å². The predicted molar refractivity (Wildman–Crippen MR) is 124 cm³/mol. The molecule has 0 spiro atoms. The van der Waals surface area contributed by atoms with E-state index in [1.54, 1.807) is 48.8 Å². The minimum atomic E-state index is -0.348. The summed E-state index contributed by atoms with van der Waals surface area (Å²) in [7, 11) is 0. The van der Waals surface area contributed by atoms with Gasteiger partial charge in [-0.05, 0) is 67.1 Å². The molecule has 2 aromatic carbocycles. The molecule has 7 heteroatoms. The topological polar surface area (TPSA) is 93.5 Å². The molecule has 2 aromatic heterocycles. The molecule has 4 rings (SSSR count). The molecule has 7 nitrogen and oxygen atoms in total. The third-order valence-corrected chi connectivity index (χ3v) is 5.01. The van der Waals surface area contributed by atoms with E-state index in [0.717, 1.165) is 16.9 Å². The van der Waals surface area contributed by atoms with Crippen LogP contribution in [0.2, 0.25) is 0 Å². The normalized spacial score (nSPS) is 11.4. The zero-order valence-electron chi connectivity index (χ0n) is 18.0. The van der Waals surface area contributed by atoms with Gasteiger partial charge in [-0.15, -0.1) is 0 Å². The number of furan rings is 1. The molecule has 33 heavy (non-hydrogen) atoms. The monoisotopic (exact) mass is 441 g/mol. The lowest BCUT2D eigenvalue weighted by atomic mass is 10.1. The number of pyridine rings is 1. The number of nitrogens with one attached hydrogen (secondary N) is 2. The highest BCUT2D eigenvalue weighted by Gasteiger charge is 2.13. The van der Waals surface area contributed by atoms with Crippen LogP contribution < -0.4 is 15.4 Å². The first kappa shape index (κ1) is 21.8. The molecular weight excluding hydrogens is 418 g/mol. The summed E-state index contributed by atoms with van der Waals surface area (Å²) in [6.45, 7) is 2.36. The fourth-order valence-corrected chi connectivity index (χ4v) is 3.17. The summed E-state index contributed by atoms with van der Waals surface area (Å²) in [6, 6.07) is 21.2. The molecule has 2 heterocycles. The van der Waals surface area contributed by atoms with E-state index in [-0.39, 0.29) is 23.6 Å². The number of hydrogen-bond donors (Lipinski definition) is 2. The predicted octanol–water partition coefficient (Wildman–Crippen LogP) is 5.00. The van der Waals surface area contributed by atoms with Gasteiger partial charge in [-0.2, -0.15) is 0 Å². The van der Waals surface area contributed by atoms with Gasteiger partial charge in [-0.3, -0.25) is 14.6 Å². The van der Waals surface area contributed by atoms with Crippen LogP contribution in [-0.4, -0.2) is 16.8 Å². The molecule has 0 aliphatic carbocycles. The van der Waals surface area contributed by atoms with Crippen molar-refractivity contribution in [1.29, 1.82) is 0 Å². The van der Waals surface area contributed by atoms with Crippen molar-refractivity contribution in [3.63, 3.8) is 0 Å². The first-order chi connectivity index (χ1) is 16.1. The molecule has 166 valence electrons. The van der Waals surface area contributed by atoms with Crippen LogP contribution in [0.5, 0.6) is 5.75 Å². The van der Waals surface area contributed by atoms with Gasteiger partial charge in [0.15, 0.2) is 5.76 Å². The minimum Gasteiger partial charge on any atom is -0.489 e. The summed E-state index contributed by atoms with van der Waals surface area (Å²) < 4.78 is 10.8. The van der Waals surface area contributed by atoms with Crippen LogP contribution in [0, 0.1) is 0 Å². The van der Waals surface area contributed by atoms with Crippen molar-refractivity contribution in [2.75, 3.05) is 5.32 Å². The van der Waals surface area contributed by atoms with Gasteiger partial charge in [-0.1, -0.05) is 18.2 Å². The third-order valence-electron chi connectivity index (χ3n) is 5.01. The minimum absolute atomic E-state index is 0.191. The van der Waals surface area contributed by atoms with Gasteiger partial charge in [0.2, 0.25) is 0 Å². The van der Waals surface area contributed by atoms with E-state index >= 15 is 0 Å². The van der Waals surface area contributed by atoms with E-state index in [4.69, 9.17) is 9.15 Å². The highest BCUT2D eigenvalue weighted by atomic mass is 16.5. The van der Waals surface area contributed by atoms with Crippen LogP contribution in [0.4, 0.5) is 5.69 Å². The van der Waals surface area contributed by atoms with E-state index in [1.807, 2.05) is 43.3 Å². The Bertz CT molecular complexity index is 1190. The number of hydrogen-bond acceptors (Lipinski definition) is 5. The number of anilines is 1. The summed E-state index contributed by atoms with van der Waals surface area (Å²) in [5.74, 6) is 0.412. The van der Waals surface area contributed by atoms with E-state index in [9.17, 15) is 9.59 Å². The molecule has 1 unspecified atom stereocenters. The Labute approximate surface area is 191 Å². The SMILES string of the molecule is CC(NC(=O)c1ccc(NC(=O)c2ccco2)cc1)c1ccc(OCc2cccnc2)cc1. The lowest BCUT2D eigenvalue weighted by molar-refractivity contribution is 0.0939. The maximum Gasteiger partial charge on any atom is 0.291 e. The Morgan fingerprint density at radius 3 is 2.42 bits per heavy atom. The maximum atomic E-state index is 12.6. The van der Waals surface area contributed by atoms with Crippen molar-refractivity contribution >= 4 is 17.5 Å². The zero-order valence-corrected chi connectivity index (χ0v) is 18.0. The fraction of sp³-hybridized carbons (Fsp3) is 0.115. The van der Waals surface area contributed by atoms with E-state index in [1.165, 1.54) is 6.26 Å².